The molecule has 1 aromatic rings. The van der Waals surface area contributed by atoms with Crippen LogP contribution in [0.3, 0.4) is 0 Å². The van der Waals surface area contributed by atoms with Crippen LogP contribution >= 0.6 is 0 Å². The molecule has 4 nitrogen and oxygen atoms in total. The monoisotopic (exact) mass is 218 g/mol. The van der Waals surface area contributed by atoms with E-state index in [2.05, 4.69) is 5.32 Å². The third kappa shape index (κ3) is 2.07. The summed E-state index contributed by atoms with van der Waals surface area (Å²) in [7, 11) is 0. The van der Waals surface area contributed by atoms with E-state index in [0.717, 1.165) is 19.5 Å². The van der Waals surface area contributed by atoms with Gasteiger partial charge in [0.2, 0.25) is 0 Å². The fraction of sp³-hybridized carbons (Fsp3) is 0.417. The van der Waals surface area contributed by atoms with Crippen LogP contribution < -0.4 is 5.32 Å². The molecule has 1 heterocycles. The van der Waals surface area contributed by atoms with Gasteiger partial charge in [-0.3, -0.25) is 0 Å². The zero-order valence-corrected chi connectivity index (χ0v) is 8.85. The van der Waals surface area contributed by atoms with Gasteiger partial charge in [0.15, 0.2) is 6.10 Å². The number of fused-ring (bicyclic) bond motifs is 1. The number of benzene rings is 1. The highest BCUT2D eigenvalue weighted by Crippen LogP contribution is 2.22. The van der Waals surface area contributed by atoms with Crippen LogP contribution in [0.15, 0.2) is 18.2 Å². The van der Waals surface area contributed by atoms with Gasteiger partial charge >= 0.3 is 0 Å². The molecule has 0 spiro atoms. The molecule has 0 aliphatic carbocycles. The van der Waals surface area contributed by atoms with Crippen molar-refractivity contribution in [3.8, 4) is 6.07 Å². The van der Waals surface area contributed by atoms with E-state index in [4.69, 9.17) is 5.26 Å². The normalized spacial score (nSPS) is 18.3. The number of hydrogen-bond donors (Lipinski definition) is 3. The first-order chi connectivity index (χ1) is 7.72. The predicted molar refractivity (Wildman–Crippen MR) is 58.4 cm³/mol. The molecule has 0 aromatic heterocycles. The Morgan fingerprint density at radius 3 is 2.88 bits per heavy atom. The second kappa shape index (κ2) is 4.62. The highest BCUT2D eigenvalue weighted by atomic mass is 16.3. The highest BCUT2D eigenvalue weighted by molar-refractivity contribution is 5.35. The quantitative estimate of drug-likeness (QED) is 0.622. The number of nitrogens with one attached hydrogen (secondary N) is 1. The number of rotatable bonds is 2. The number of hydrogen-bond acceptors (Lipinski definition) is 4. The van der Waals surface area contributed by atoms with Gasteiger partial charge < -0.3 is 15.5 Å². The van der Waals surface area contributed by atoms with Crippen LogP contribution in [0.4, 0.5) is 0 Å². The Kier molecular flexibility index (Phi) is 3.20. The maximum absolute atomic E-state index is 9.70. The first-order valence-corrected chi connectivity index (χ1v) is 5.30. The standard InChI is InChI=1S/C12H14N2O2/c13-6-11(15)12(16)9-1-2-10-7-14-4-3-8(10)5-9/h1-2,5,11-12,14-16H,3-4,7H2. The molecule has 16 heavy (non-hydrogen) atoms. The molecular formula is C12H14N2O2. The Labute approximate surface area is 94.1 Å². The lowest BCUT2D eigenvalue weighted by Crippen LogP contribution is -2.24. The third-order valence-electron chi connectivity index (χ3n) is 2.89. The van der Waals surface area contributed by atoms with E-state index in [-0.39, 0.29) is 0 Å². The molecule has 3 N–H and O–H groups in total. The van der Waals surface area contributed by atoms with Gasteiger partial charge in [-0.2, -0.15) is 5.26 Å². The summed E-state index contributed by atoms with van der Waals surface area (Å²) in [6.45, 7) is 1.76. The molecule has 84 valence electrons. The van der Waals surface area contributed by atoms with Crippen molar-refractivity contribution in [1.82, 2.24) is 5.32 Å². The van der Waals surface area contributed by atoms with E-state index < -0.39 is 12.2 Å². The highest BCUT2D eigenvalue weighted by Gasteiger charge is 2.19. The van der Waals surface area contributed by atoms with E-state index in [1.54, 1.807) is 12.1 Å². The predicted octanol–water partition coefficient (Wildman–Crippen LogP) is 0.250. The minimum atomic E-state index is -1.36. The van der Waals surface area contributed by atoms with E-state index in [1.807, 2.05) is 12.1 Å². The number of aliphatic hydroxyl groups is 2. The molecule has 2 rings (SSSR count). The second-order valence-corrected chi connectivity index (χ2v) is 3.97. The summed E-state index contributed by atoms with van der Waals surface area (Å²) in [5.74, 6) is 0. The lowest BCUT2D eigenvalue weighted by Gasteiger charge is -2.20. The van der Waals surface area contributed by atoms with Crippen LogP contribution in [0.5, 0.6) is 0 Å². The van der Waals surface area contributed by atoms with Gasteiger partial charge in [-0.15, -0.1) is 0 Å². The van der Waals surface area contributed by atoms with Crippen LogP contribution in [0, 0.1) is 11.3 Å². The van der Waals surface area contributed by atoms with Gasteiger partial charge in [0.05, 0.1) is 6.07 Å². The summed E-state index contributed by atoms with van der Waals surface area (Å²) in [6.07, 6.45) is -1.57. The summed E-state index contributed by atoms with van der Waals surface area (Å²) in [5.41, 5.74) is 3.00. The van der Waals surface area contributed by atoms with Gasteiger partial charge in [0, 0.05) is 6.54 Å². The van der Waals surface area contributed by atoms with Crippen molar-refractivity contribution in [3.05, 3.63) is 34.9 Å². The summed E-state index contributed by atoms with van der Waals surface area (Å²) in [6, 6.07) is 7.21. The lowest BCUT2D eigenvalue weighted by molar-refractivity contribution is 0.0527. The van der Waals surface area contributed by atoms with E-state index in [1.165, 1.54) is 11.1 Å². The van der Waals surface area contributed by atoms with Gasteiger partial charge in [0.1, 0.15) is 6.10 Å². The molecule has 0 saturated carbocycles. The first-order valence-electron chi connectivity index (χ1n) is 5.30. The lowest BCUT2D eigenvalue weighted by atomic mass is 9.95. The smallest absolute Gasteiger partial charge is 0.170 e. The number of nitriles is 1. The topological polar surface area (TPSA) is 76.3 Å². The van der Waals surface area contributed by atoms with E-state index in [9.17, 15) is 10.2 Å². The fourth-order valence-corrected chi connectivity index (χ4v) is 1.93. The minimum absolute atomic E-state index is 0.606. The van der Waals surface area contributed by atoms with Crippen molar-refractivity contribution in [3.63, 3.8) is 0 Å². The van der Waals surface area contributed by atoms with Crippen LogP contribution in [0.25, 0.3) is 0 Å². The average molecular weight is 218 g/mol. The van der Waals surface area contributed by atoms with Crippen molar-refractivity contribution in [2.45, 2.75) is 25.2 Å². The molecule has 2 atom stereocenters. The van der Waals surface area contributed by atoms with Crippen molar-refractivity contribution >= 4 is 0 Å². The van der Waals surface area contributed by atoms with Gasteiger partial charge in [-0.05, 0) is 29.7 Å². The molecule has 1 aromatic carbocycles. The summed E-state index contributed by atoms with van der Waals surface area (Å²) < 4.78 is 0. The Hall–Kier alpha value is -1.41. The second-order valence-electron chi connectivity index (χ2n) is 3.97. The Morgan fingerprint density at radius 2 is 2.12 bits per heavy atom. The molecular weight excluding hydrogens is 204 g/mol. The Bertz CT molecular complexity index is 426. The molecule has 0 amide bonds. The Morgan fingerprint density at radius 1 is 1.31 bits per heavy atom. The maximum atomic E-state index is 9.70. The van der Waals surface area contributed by atoms with Crippen LogP contribution in [0.1, 0.15) is 22.8 Å². The summed E-state index contributed by atoms with van der Waals surface area (Å²) in [5, 5.41) is 30.8. The molecule has 0 saturated heterocycles. The fourth-order valence-electron chi connectivity index (χ4n) is 1.93. The molecule has 0 radical (unpaired) electrons. The summed E-state index contributed by atoms with van der Waals surface area (Å²) >= 11 is 0. The maximum Gasteiger partial charge on any atom is 0.170 e. The number of aliphatic hydroxyl groups excluding tert-OH is 2. The van der Waals surface area contributed by atoms with Crippen molar-refractivity contribution < 1.29 is 10.2 Å². The van der Waals surface area contributed by atoms with Crippen molar-refractivity contribution in [2.75, 3.05) is 6.54 Å². The van der Waals surface area contributed by atoms with Gasteiger partial charge in [-0.1, -0.05) is 18.2 Å². The van der Waals surface area contributed by atoms with Gasteiger partial charge in [-0.25, -0.2) is 0 Å². The molecule has 1 aliphatic heterocycles. The summed E-state index contributed by atoms with van der Waals surface area (Å²) in [4.78, 5) is 0. The largest absolute Gasteiger partial charge is 0.385 e. The van der Waals surface area contributed by atoms with Crippen molar-refractivity contribution in [2.24, 2.45) is 0 Å². The van der Waals surface area contributed by atoms with Crippen LogP contribution in [0.2, 0.25) is 0 Å². The van der Waals surface area contributed by atoms with Crippen molar-refractivity contribution in [1.29, 1.82) is 5.26 Å². The SMILES string of the molecule is N#CC(O)C(O)c1ccc2c(c1)CCNC2. The molecule has 4 heteroatoms. The van der Waals surface area contributed by atoms with E-state index >= 15 is 0 Å². The molecule has 1 aliphatic rings. The minimum Gasteiger partial charge on any atom is -0.385 e. The van der Waals surface area contributed by atoms with Gasteiger partial charge in [0.25, 0.3) is 0 Å². The van der Waals surface area contributed by atoms with Crippen LogP contribution in [-0.2, 0) is 13.0 Å². The average Bonchev–Trinajstić information content (AvgIpc) is 2.36. The molecule has 2 unspecified atom stereocenters. The molecule has 0 fully saturated rings. The number of nitrogens with zero attached hydrogens (tertiary/aromatic N) is 1. The zero-order chi connectivity index (χ0) is 11.5. The van der Waals surface area contributed by atoms with E-state index in [0.29, 0.717) is 5.56 Å². The third-order valence-corrected chi connectivity index (χ3v) is 2.89. The molecule has 0 bridgehead atoms. The van der Waals surface area contributed by atoms with Crippen LogP contribution in [-0.4, -0.2) is 22.9 Å². The first kappa shape index (κ1) is 11.1. The zero-order valence-electron chi connectivity index (χ0n) is 8.85. The Balaban J connectivity index is 2.27.